The number of hydrogen-bond donors (Lipinski definition) is 2. The number of carbonyl (C=O) groups is 1. The summed E-state index contributed by atoms with van der Waals surface area (Å²) in [5.74, 6) is -0.0980. The molecule has 2 aromatic rings. The van der Waals surface area contributed by atoms with Crippen molar-refractivity contribution < 1.29 is 14.6 Å². The maximum Gasteiger partial charge on any atom is 0.337 e. The molecule has 0 amide bonds. The van der Waals surface area contributed by atoms with Crippen LogP contribution < -0.4 is 10.1 Å². The molecule has 2 N–H and O–H groups in total. The Hall–Kier alpha value is -2.20. The van der Waals surface area contributed by atoms with Crippen LogP contribution in [0.2, 0.25) is 5.02 Å². The van der Waals surface area contributed by atoms with Gasteiger partial charge in [-0.05, 0) is 62.6 Å². The number of nitrogens with one attached hydrogen (secondary N) is 1. The largest absolute Gasteiger partial charge is 0.494 e. The first-order chi connectivity index (χ1) is 11.5. The summed E-state index contributed by atoms with van der Waals surface area (Å²) in [7, 11) is 0. The first-order valence-electron chi connectivity index (χ1n) is 7.94. The molecule has 2 aromatic carbocycles. The lowest BCUT2D eigenvalue weighted by Crippen LogP contribution is -2.09. The Morgan fingerprint density at radius 2 is 1.96 bits per heavy atom. The van der Waals surface area contributed by atoms with Gasteiger partial charge in [-0.25, -0.2) is 4.79 Å². The van der Waals surface area contributed by atoms with Gasteiger partial charge < -0.3 is 15.2 Å². The molecule has 0 unspecified atom stereocenters. The van der Waals surface area contributed by atoms with Gasteiger partial charge in [0.2, 0.25) is 0 Å². The molecule has 0 saturated heterocycles. The van der Waals surface area contributed by atoms with E-state index in [2.05, 4.69) is 5.32 Å². The highest BCUT2D eigenvalue weighted by Crippen LogP contribution is 2.21. The van der Waals surface area contributed by atoms with E-state index in [1.54, 1.807) is 6.07 Å². The van der Waals surface area contributed by atoms with Crippen LogP contribution in [-0.4, -0.2) is 24.2 Å². The zero-order valence-electron chi connectivity index (χ0n) is 13.9. The number of carboxylic acid groups (broad SMARTS) is 1. The van der Waals surface area contributed by atoms with Crippen LogP contribution in [-0.2, 0) is 0 Å². The predicted octanol–water partition coefficient (Wildman–Crippen LogP) is 4.93. The molecule has 128 valence electrons. The highest BCUT2D eigenvalue weighted by molar-refractivity contribution is 6.31. The van der Waals surface area contributed by atoms with E-state index in [9.17, 15) is 9.90 Å². The van der Waals surface area contributed by atoms with Crippen molar-refractivity contribution >= 4 is 23.3 Å². The Labute approximate surface area is 147 Å². The van der Waals surface area contributed by atoms with Gasteiger partial charge in [0, 0.05) is 17.3 Å². The van der Waals surface area contributed by atoms with Crippen LogP contribution in [0.1, 0.15) is 34.3 Å². The second-order valence-electron chi connectivity index (χ2n) is 5.75. The van der Waals surface area contributed by atoms with Gasteiger partial charge in [0.25, 0.3) is 0 Å². The second kappa shape index (κ2) is 8.60. The summed E-state index contributed by atoms with van der Waals surface area (Å²) in [5, 5.41) is 13.1. The minimum Gasteiger partial charge on any atom is -0.494 e. The molecule has 4 nitrogen and oxygen atoms in total. The molecule has 0 fully saturated rings. The van der Waals surface area contributed by atoms with Crippen molar-refractivity contribution in [3.05, 3.63) is 58.1 Å². The van der Waals surface area contributed by atoms with Crippen LogP contribution in [0.15, 0.2) is 36.4 Å². The zero-order valence-corrected chi connectivity index (χ0v) is 14.7. The summed E-state index contributed by atoms with van der Waals surface area (Å²) in [6.45, 7) is 5.14. The maximum atomic E-state index is 11.2. The van der Waals surface area contributed by atoms with Crippen LogP contribution in [0.5, 0.6) is 5.75 Å². The topological polar surface area (TPSA) is 58.6 Å². The molecule has 0 spiro atoms. The number of unbranched alkanes of at least 4 members (excludes halogenated alkanes) is 1. The van der Waals surface area contributed by atoms with Gasteiger partial charge in [-0.2, -0.15) is 0 Å². The van der Waals surface area contributed by atoms with E-state index in [1.165, 1.54) is 0 Å². The van der Waals surface area contributed by atoms with Crippen molar-refractivity contribution in [3.63, 3.8) is 0 Å². The fraction of sp³-hybridized carbons (Fsp3) is 0.316. The summed E-state index contributed by atoms with van der Waals surface area (Å²) >= 11 is 5.98. The third-order valence-corrected chi connectivity index (χ3v) is 4.11. The lowest BCUT2D eigenvalue weighted by Gasteiger charge is -2.11. The first-order valence-corrected chi connectivity index (χ1v) is 8.32. The number of hydrogen-bond acceptors (Lipinski definition) is 3. The standard InChI is InChI=1S/C19H22ClNO3/c1-13-5-8-18(16(11-13)19(22)23)21-9-3-4-10-24-15-6-7-17(20)14(2)12-15/h5-8,11-12,21H,3-4,9-10H2,1-2H3,(H,22,23). The van der Waals surface area contributed by atoms with E-state index in [-0.39, 0.29) is 0 Å². The lowest BCUT2D eigenvalue weighted by molar-refractivity contribution is 0.0698. The van der Waals surface area contributed by atoms with E-state index in [4.69, 9.17) is 16.3 Å². The minimum atomic E-state index is -0.914. The molecule has 0 aliphatic heterocycles. The van der Waals surface area contributed by atoms with Gasteiger partial charge >= 0.3 is 5.97 Å². The molecule has 24 heavy (non-hydrogen) atoms. The second-order valence-corrected chi connectivity index (χ2v) is 6.15. The third-order valence-electron chi connectivity index (χ3n) is 3.69. The Morgan fingerprint density at radius 3 is 2.67 bits per heavy atom. The highest BCUT2D eigenvalue weighted by Gasteiger charge is 2.09. The monoisotopic (exact) mass is 347 g/mol. The number of rotatable bonds is 8. The van der Waals surface area contributed by atoms with Crippen LogP contribution in [0.4, 0.5) is 5.69 Å². The van der Waals surface area contributed by atoms with E-state index in [1.807, 2.05) is 44.2 Å². The molecule has 0 radical (unpaired) electrons. The summed E-state index contributed by atoms with van der Waals surface area (Å²) in [5.41, 5.74) is 2.89. The summed E-state index contributed by atoms with van der Waals surface area (Å²) in [6, 6.07) is 11.0. The van der Waals surface area contributed by atoms with Crippen molar-refractivity contribution in [2.45, 2.75) is 26.7 Å². The predicted molar refractivity (Wildman–Crippen MR) is 97.5 cm³/mol. The number of anilines is 1. The Morgan fingerprint density at radius 1 is 1.17 bits per heavy atom. The van der Waals surface area contributed by atoms with Crippen LogP contribution in [0, 0.1) is 13.8 Å². The number of ether oxygens (including phenoxy) is 1. The fourth-order valence-corrected chi connectivity index (χ4v) is 2.45. The van der Waals surface area contributed by atoms with Crippen LogP contribution >= 0.6 is 11.6 Å². The number of aromatic carboxylic acids is 1. The van der Waals surface area contributed by atoms with Gasteiger partial charge in [0.05, 0.1) is 12.2 Å². The molecular weight excluding hydrogens is 326 g/mol. The number of aryl methyl sites for hydroxylation is 2. The van der Waals surface area contributed by atoms with Crippen LogP contribution in [0.3, 0.4) is 0 Å². The normalized spacial score (nSPS) is 10.5. The van der Waals surface area contributed by atoms with Crippen molar-refractivity contribution in [2.24, 2.45) is 0 Å². The summed E-state index contributed by atoms with van der Waals surface area (Å²) in [4.78, 5) is 11.2. The van der Waals surface area contributed by atoms with Crippen LogP contribution in [0.25, 0.3) is 0 Å². The van der Waals surface area contributed by atoms with E-state index < -0.39 is 5.97 Å². The van der Waals surface area contributed by atoms with Gasteiger partial charge in [-0.15, -0.1) is 0 Å². The molecule has 2 rings (SSSR count). The zero-order chi connectivity index (χ0) is 17.5. The minimum absolute atomic E-state index is 0.308. The molecule has 0 bridgehead atoms. The molecule has 0 saturated carbocycles. The summed E-state index contributed by atoms with van der Waals surface area (Å²) < 4.78 is 5.69. The molecule has 0 aromatic heterocycles. The molecule has 0 aliphatic rings. The molecule has 5 heteroatoms. The Kier molecular flexibility index (Phi) is 6.50. The van der Waals surface area contributed by atoms with Gasteiger partial charge in [-0.1, -0.05) is 23.2 Å². The quantitative estimate of drug-likeness (QED) is 0.665. The van der Waals surface area contributed by atoms with E-state index in [0.717, 1.165) is 34.7 Å². The fourth-order valence-electron chi connectivity index (χ4n) is 2.34. The molecule has 0 atom stereocenters. The van der Waals surface area contributed by atoms with Crippen molar-refractivity contribution in [1.82, 2.24) is 0 Å². The number of halogens is 1. The van der Waals surface area contributed by atoms with Crippen molar-refractivity contribution in [2.75, 3.05) is 18.5 Å². The number of carboxylic acids is 1. The third kappa shape index (κ3) is 5.17. The maximum absolute atomic E-state index is 11.2. The van der Waals surface area contributed by atoms with Gasteiger partial charge in [0.15, 0.2) is 0 Å². The van der Waals surface area contributed by atoms with Crippen molar-refractivity contribution in [3.8, 4) is 5.75 Å². The molecule has 0 heterocycles. The average molecular weight is 348 g/mol. The Balaban J connectivity index is 1.73. The smallest absolute Gasteiger partial charge is 0.337 e. The summed E-state index contributed by atoms with van der Waals surface area (Å²) in [6.07, 6.45) is 1.77. The highest BCUT2D eigenvalue weighted by atomic mass is 35.5. The average Bonchev–Trinajstić information content (AvgIpc) is 2.55. The van der Waals surface area contributed by atoms with Crippen molar-refractivity contribution in [1.29, 1.82) is 0 Å². The molecule has 0 aliphatic carbocycles. The lowest BCUT2D eigenvalue weighted by atomic mass is 10.1. The van der Waals surface area contributed by atoms with E-state index in [0.29, 0.717) is 24.4 Å². The van der Waals surface area contributed by atoms with Gasteiger partial charge in [0.1, 0.15) is 5.75 Å². The first kappa shape index (κ1) is 18.1. The van der Waals surface area contributed by atoms with Gasteiger partial charge in [-0.3, -0.25) is 0 Å². The molecular formula is C19H22ClNO3. The number of benzene rings is 2. The Bertz CT molecular complexity index is 716. The SMILES string of the molecule is Cc1ccc(NCCCCOc2ccc(Cl)c(C)c2)c(C(=O)O)c1. The van der Waals surface area contributed by atoms with E-state index >= 15 is 0 Å².